The number of thiazole rings is 1. The molecule has 0 aliphatic heterocycles. The van der Waals surface area contributed by atoms with Gasteiger partial charge in [0.15, 0.2) is 5.13 Å². The van der Waals surface area contributed by atoms with E-state index in [1.54, 1.807) is 4.90 Å². The minimum atomic E-state index is 0.0161. The van der Waals surface area contributed by atoms with E-state index >= 15 is 0 Å². The van der Waals surface area contributed by atoms with Crippen LogP contribution in [0, 0.1) is 0 Å². The highest BCUT2D eigenvalue weighted by Gasteiger charge is 2.19. The molecule has 31 heavy (non-hydrogen) atoms. The highest BCUT2D eigenvalue weighted by molar-refractivity contribution is 7.22. The van der Waals surface area contributed by atoms with Gasteiger partial charge in [0.1, 0.15) is 12.4 Å². The van der Waals surface area contributed by atoms with E-state index in [0.717, 1.165) is 27.1 Å². The van der Waals surface area contributed by atoms with Crippen molar-refractivity contribution in [1.29, 1.82) is 0 Å². The molecule has 0 bridgehead atoms. The van der Waals surface area contributed by atoms with Crippen LogP contribution in [0.1, 0.15) is 17.5 Å². The monoisotopic (exact) mass is 431 g/mol. The molecule has 2 N–H and O–H groups in total. The fourth-order valence-corrected chi connectivity index (χ4v) is 4.40. The van der Waals surface area contributed by atoms with Gasteiger partial charge in [-0.05, 0) is 35.7 Å². The zero-order valence-electron chi connectivity index (χ0n) is 17.2. The number of nitrogens with zero attached hydrogens (tertiary/aromatic N) is 2. The second-order valence-corrected chi connectivity index (χ2v) is 8.19. The van der Waals surface area contributed by atoms with Crippen LogP contribution in [0.25, 0.3) is 10.2 Å². The van der Waals surface area contributed by atoms with E-state index in [-0.39, 0.29) is 5.91 Å². The number of amides is 1. The van der Waals surface area contributed by atoms with Crippen LogP contribution in [0.4, 0.5) is 5.13 Å². The summed E-state index contributed by atoms with van der Waals surface area (Å²) < 4.78 is 7.09. The fourth-order valence-electron chi connectivity index (χ4n) is 3.39. The normalized spacial score (nSPS) is 10.9. The maximum atomic E-state index is 13.1. The van der Waals surface area contributed by atoms with Crippen molar-refractivity contribution in [1.82, 2.24) is 4.98 Å². The lowest BCUT2D eigenvalue weighted by atomic mass is 10.1. The molecular weight excluding hydrogens is 406 g/mol. The molecule has 0 aliphatic carbocycles. The Kier molecular flexibility index (Phi) is 6.92. The van der Waals surface area contributed by atoms with Crippen molar-refractivity contribution in [2.75, 3.05) is 18.0 Å². The second kappa shape index (κ2) is 10.2. The molecule has 4 rings (SSSR count). The standard InChI is InChI=1S/C25H25N3O2S/c26-16-17-28(25-27-21-11-5-7-13-23(21)31-25)24(29)15-14-20-10-4-6-12-22(20)30-18-19-8-2-1-3-9-19/h1-13H,14-18,26H2. The van der Waals surface area contributed by atoms with Crippen LogP contribution in [0.5, 0.6) is 5.75 Å². The lowest BCUT2D eigenvalue weighted by molar-refractivity contribution is -0.118. The molecule has 0 saturated carbocycles. The van der Waals surface area contributed by atoms with Crippen LogP contribution >= 0.6 is 11.3 Å². The number of anilines is 1. The molecule has 1 heterocycles. The number of carbonyl (C=O) groups excluding carboxylic acids is 1. The molecule has 0 fully saturated rings. The van der Waals surface area contributed by atoms with E-state index in [9.17, 15) is 4.79 Å². The van der Waals surface area contributed by atoms with Crippen molar-refractivity contribution in [3.05, 3.63) is 90.0 Å². The van der Waals surface area contributed by atoms with Gasteiger partial charge in [-0.2, -0.15) is 0 Å². The van der Waals surface area contributed by atoms with Crippen LogP contribution in [0.15, 0.2) is 78.9 Å². The number of aromatic nitrogens is 1. The number of para-hydroxylation sites is 2. The van der Waals surface area contributed by atoms with Gasteiger partial charge in [0.25, 0.3) is 0 Å². The van der Waals surface area contributed by atoms with E-state index in [4.69, 9.17) is 10.5 Å². The summed E-state index contributed by atoms with van der Waals surface area (Å²) in [6.07, 6.45) is 0.956. The van der Waals surface area contributed by atoms with Crippen molar-refractivity contribution in [2.45, 2.75) is 19.4 Å². The SMILES string of the molecule is NCCN(C(=O)CCc1ccccc1OCc1ccccc1)c1nc2ccccc2s1. The smallest absolute Gasteiger partial charge is 0.229 e. The molecule has 6 heteroatoms. The number of hydrogen-bond acceptors (Lipinski definition) is 5. The topological polar surface area (TPSA) is 68.5 Å². The number of carbonyl (C=O) groups is 1. The summed E-state index contributed by atoms with van der Waals surface area (Å²) in [4.78, 5) is 19.4. The number of benzene rings is 3. The number of rotatable bonds is 9. The summed E-state index contributed by atoms with van der Waals surface area (Å²) in [6, 6.07) is 25.8. The molecular formula is C25H25N3O2S. The Balaban J connectivity index is 1.44. The average Bonchev–Trinajstić information content (AvgIpc) is 3.24. The number of nitrogens with two attached hydrogens (primary N) is 1. The second-order valence-electron chi connectivity index (χ2n) is 7.18. The summed E-state index contributed by atoms with van der Waals surface area (Å²) in [5, 5.41) is 0.699. The minimum Gasteiger partial charge on any atom is -0.489 e. The Morgan fingerprint density at radius 2 is 1.71 bits per heavy atom. The highest BCUT2D eigenvalue weighted by Crippen LogP contribution is 2.29. The van der Waals surface area contributed by atoms with E-state index in [0.29, 0.717) is 37.7 Å². The first-order chi connectivity index (χ1) is 15.2. The van der Waals surface area contributed by atoms with Gasteiger partial charge in [-0.25, -0.2) is 4.98 Å². The maximum absolute atomic E-state index is 13.1. The number of fused-ring (bicyclic) bond motifs is 1. The van der Waals surface area contributed by atoms with Gasteiger partial charge < -0.3 is 10.5 Å². The molecule has 0 saturated heterocycles. The summed E-state index contributed by atoms with van der Waals surface area (Å²) >= 11 is 1.52. The molecule has 5 nitrogen and oxygen atoms in total. The lowest BCUT2D eigenvalue weighted by Crippen LogP contribution is -2.35. The zero-order chi connectivity index (χ0) is 21.5. The van der Waals surface area contributed by atoms with E-state index in [2.05, 4.69) is 4.98 Å². The Bertz CT molecular complexity index is 1110. The molecule has 4 aromatic rings. The number of aryl methyl sites for hydroxylation is 1. The third kappa shape index (κ3) is 5.29. The Labute approximate surface area is 186 Å². The van der Waals surface area contributed by atoms with Gasteiger partial charge in [-0.1, -0.05) is 72.0 Å². The van der Waals surface area contributed by atoms with E-state index < -0.39 is 0 Å². The Morgan fingerprint density at radius 1 is 0.968 bits per heavy atom. The van der Waals surface area contributed by atoms with E-state index in [1.165, 1.54) is 11.3 Å². The van der Waals surface area contributed by atoms with Crippen LogP contribution < -0.4 is 15.4 Å². The predicted octanol–water partition coefficient (Wildman–Crippen LogP) is 4.80. The summed E-state index contributed by atoms with van der Waals surface area (Å²) in [5.41, 5.74) is 8.81. The first kappa shape index (κ1) is 21.0. The lowest BCUT2D eigenvalue weighted by Gasteiger charge is -2.19. The molecule has 0 atom stereocenters. The van der Waals surface area contributed by atoms with Crippen LogP contribution in [0.3, 0.4) is 0 Å². The first-order valence-electron chi connectivity index (χ1n) is 10.4. The first-order valence-corrected chi connectivity index (χ1v) is 11.2. The van der Waals surface area contributed by atoms with Gasteiger partial charge in [-0.15, -0.1) is 0 Å². The van der Waals surface area contributed by atoms with Crippen LogP contribution in [0.2, 0.25) is 0 Å². The largest absolute Gasteiger partial charge is 0.489 e. The molecule has 0 radical (unpaired) electrons. The molecule has 0 spiro atoms. The van der Waals surface area contributed by atoms with Crippen LogP contribution in [-0.2, 0) is 17.8 Å². The van der Waals surface area contributed by atoms with Crippen molar-refractivity contribution in [3.8, 4) is 5.75 Å². The summed E-state index contributed by atoms with van der Waals surface area (Å²) in [5.74, 6) is 0.826. The van der Waals surface area contributed by atoms with Crippen molar-refractivity contribution in [2.24, 2.45) is 5.73 Å². The summed E-state index contributed by atoms with van der Waals surface area (Å²) in [7, 11) is 0. The van der Waals surface area contributed by atoms with Gasteiger partial charge in [0, 0.05) is 19.5 Å². The molecule has 1 aromatic heterocycles. The minimum absolute atomic E-state index is 0.0161. The highest BCUT2D eigenvalue weighted by atomic mass is 32.1. The Hall–Kier alpha value is -3.22. The Morgan fingerprint density at radius 3 is 2.52 bits per heavy atom. The third-order valence-corrected chi connectivity index (χ3v) is 6.04. The van der Waals surface area contributed by atoms with Gasteiger partial charge in [0.05, 0.1) is 10.2 Å². The fraction of sp³-hybridized carbons (Fsp3) is 0.200. The molecule has 0 unspecified atom stereocenters. The maximum Gasteiger partial charge on any atom is 0.229 e. The molecule has 1 amide bonds. The quantitative estimate of drug-likeness (QED) is 0.413. The summed E-state index contributed by atoms with van der Waals surface area (Å²) in [6.45, 7) is 1.33. The van der Waals surface area contributed by atoms with Crippen molar-refractivity contribution in [3.63, 3.8) is 0 Å². The van der Waals surface area contributed by atoms with Crippen LogP contribution in [-0.4, -0.2) is 24.0 Å². The predicted molar refractivity (Wildman–Crippen MR) is 127 cm³/mol. The average molecular weight is 432 g/mol. The van der Waals surface area contributed by atoms with Crippen molar-refractivity contribution >= 4 is 32.6 Å². The van der Waals surface area contributed by atoms with Gasteiger partial charge >= 0.3 is 0 Å². The third-order valence-electron chi connectivity index (χ3n) is 4.99. The van der Waals surface area contributed by atoms with Gasteiger partial charge in [-0.3, -0.25) is 9.69 Å². The number of ether oxygens (including phenoxy) is 1. The number of hydrogen-bond donors (Lipinski definition) is 1. The molecule has 158 valence electrons. The van der Waals surface area contributed by atoms with E-state index in [1.807, 2.05) is 78.9 Å². The van der Waals surface area contributed by atoms with Crippen molar-refractivity contribution < 1.29 is 9.53 Å². The molecule has 3 aromatic carbocycles. The van der Waals surface area contributed by atoms with Gasteiger partial charge in [0.2, 0.25) is 5.91 Å². The molecule has 0 aliphatic rings. The zero-order valence-corrected chi connectivity index (χ0v) is 18.1.